The van der Waals surface area contributed by atoms with E-state index >= 15 is 0 Å². The van der Waals surface area contributed by atoms with Gasteiger partial charge in [0.15, 0.2) is 22.3 Å². The molecule has 0 unspecified atom stereocenters. The van der Waals surface area contributed by atoms with E-state index in [0.29, 0.717) is 59.9 Å². The van der Waals surface area contributed by atoms with Crippen molar-refractivity contribution in [3.8, 4) is 11.4 Å². The highest BCUT2D eigenvalue weighted by molar-refractivity contribution is 5.73. The van der Waals surface area contributed by atoms with Crippen molar-refractivity contribution in [2.24, 2.45) is 0 Å². The summed E-state index contributed by atoms with van der Waals surface area (Å²) < 4.78 is 9.11. The first-order valence-electron chi connectivity index (χ1n) is 19.0. The van der Waals surface area contributed by atoms with Gasteiger partial charge in [0.1, 0.15) is 0 Å². The number of hydrogen-bond acceptors (Lipinski definition) is 6. The van der Waals surface area contributed by atoms with Gasteiger partial charge in [0, 0.05) is 26.2 Å². The van der Waals surface area contributed by atoms with Crippen LogP contribution in [0.3, 0.4) is 0 Å². The van der Waals surface area contributed by atoms with E-state index < -0.39 is 0 Å². The van der Waals surface area contributed by atoms with Gasteiger partial charge in [0.2, 0.25) is 0 Å². The molecule has 4 heterocycles. The normalized spacial score (nSPS) is 10.5. The maximum Gasteiger partial charge on any atom is 0.337 e. The van der Waals surface area contributed by atoms with Crippen molar-refractivity contribution in [1.82, 2.24) is 37.4 Å². The molecular formula is C44H48N8O4. The molecule has 4 aromatic heterocycles. The van der Waals surface area contributed by atoms with Crippen LogP contribution < -0.4 is 22.5 Å². The molecule has 0 atom stereocenters. The maximum absolute atomic E-state index is 12.9. The highest BCUT2D eigenvalue weighted by atomic mass is 16.2. The van der Waals surface area contributed by atoms with Gasteiger partial charge in [-0.05, 0) is 49.2 Å². The van der Waals surface area contributed by atoms with Crippen molar-refractivity contribution in [3.63, 3.8) is 0 Å². The lowest BCUT2D eigenvalue weighted by atomic mass is 10.2. The SMILES string of the molecule is CC.CC.CCn1c(=O)c2c(ncn2Cc2ccccc2)n(-c2ccccc2)c1=O.CCn1c(=O)c2c(ncn2Cc2ccccc2)n(-c2ccccc2)c1=O. The fraction of sp³-hybridized carbons (Fsp3) is 0.227. The second-order valence-electron chi connectivity index (χ2n) is 12.1. The molecule has 288 valence electrons. The van der Waals surface area contributed by atoms with Crippen LogP contribution in [0.4, 0.5) is 0 Å². The lowest BCUT2D eigenvalue weighted by Crippen LogP contribution is -2.39. The summed E-state index contributed by atoms with van der Waals surface area (Å²) >= 11 is 0. The van der Waals surface area contributed by atoms with Gasteiger partial charge in [-0.3, -0.25) is 18.7 Å². The molecule has 12 nitrogen and oxygen atoms in total. The van der Waals surface area contributed by atoms with Crippen LogP contribution in [0.25, 0.3) is 33.7 Å². The number of fused-ring (bicyclic) bond motifs is 2. The Morgan fingerprint density at radius 1 is 0.446 bits per heavy atom. The van der Waals surface area contributed by atoms with Crippen molar-refractivity contribution < 1.29 is 0 Å². The van der Waals surface area contributed by atoms with Gasteiger partial charge in [-0.1, -0.05) is 125 Å². The second-order valence-corrected chi connectivity index (χ2v) is 12.1. The molecule has 0 aliphatic rings. The molecule has 8 rings (SSSR count). The van der Waals surface area contributed by atoms with Crippen molar-refractivity contribution in [3.05, 3.63) is 187 Å². The molecule has 56 heavy (non-hydrogen) atoms. The number of imidazole rings is 2. The van der Waals surface area contributed by atoms with E-state index in [2.05, 4.69) is 9.97 Å². The fourth-order valence-electron chi connectivity index (χ4n) is 6.34. The largest absolute Gasteiger partial charge is 0.337 e. The third-order valence-electron chi connectivity index (χ3n) is 8.85. The molecule has 8 aromatic rings. The zero-order valence-corrected chi connectivity index (χ0v) is 32.7. The molecule has 0 amide bonds. The first-order chi connectivity index (χ1) is 27.4. The number of rotatable bonds is 8. The van der Waals surface area contributed by atoms with E-state index in [0.717, 1.165) is 11.1 Å². The molecule has 0 N–H and O–H groups in total. The summed E-state index contributed by atoms with van der Waals surface area (Å²) in [6.45, 7) is 13.2. The van der Waals surface area contributed by atoms with Crippen LogP contribution in [0.15, 0.2) is 153 Å². The van der Waals surface area contributed by atoms with Crippen LogP contribution in [0.5, 0.6) is 0 Å². The van der Waals surface area contributed by atoms with Crippen molar-refractivity contribution >= 4 is 22.3 Å². The van der Waals surface area contributed by atoms with Gasteiger partial charge >= 0.3 is 11.4 Å². The Labute approximate surface area is 324 Å². The summed E-state index contributed by atoms with van der Waals surface area (Å²) in [5.41, 5.74) is 3.75. The Morgan fingerprint density at radius 3 is 1.05 bits per heavy atom. The monoisotopic (exact) mass is 752 g/mol. The Morgan fingerprint density at radius 2 is 0.750 bits per heavy atom. The zero-order valence-electron chi connectivity index (χ0n) is 32.7. The van der Waals surface area contributed by atoms with E-state index in [9.17, 15) is 19.2 Å². The predicted octanol–water partition coefficient (Wildman–Crippen LogP) is 6.89. The molecule has 0 aliphatic heterocycles. The third-order valence-corrected chi connectivity index (χ3v) is 8.85. The molecule has 12 heteroatoms. The molecule has 0 bridgehead atoms. The average Bonchev–Trinajstić information content (AvgIpc) is 3.86. The zero-order chi connectivity index (χ0) is 40.2. The minimum Gasteiger partial charge on any atom is -0.320 e. The van der Waals surface area contributed by atoms with E-state index in [1.54, 1.807) is 35.6 Å². The summed E-state index contributed by atoms with van der Waals surface area (Å²) in [6.07, 6.45) is 3.25. The molecule has 0 spiro atoms. The van der Waals surface area contributed by atoms with E-state index in [1.165, 1.54) is 18.3 Å². The van der Waals surface area contributed by atoms with Crippen LogP contribution >= 0.6 is 0 Å². The standard InChI is InChI=1S/2C20H18N4O2.2C2H6/c2*1-2-23-19(25)17-18(24(20(23)26)16-11-7-4-8-12-16)21-14-22(17)13-15-9-5-3-6-10-15;2*1-2/h2*3-12,14H,2,13H2,1H3;2*1-2H3. The van der Waals surface area contributed by atoms with Gasteiger partial charge in [-0.15, -0.1) is 0 Å². The number of para-hydroxylation sites is 2. The number of aromatic nitrogens is 8. The van der Waals surface area contributed by atoms with Gasteiger partial charge in [0.05, 0.1) is 24.0 Å². The molecular weight excluding hydrogens is 705 g/mol. The first kappa shape index (κ1) is 40.4. The lowest BCUT2D eigenvalue weighted by molar-refractivity contribution is 0.655. The summed E-state index contributed by atoms with van der Waals surface area (Å²) in [4.78, 5) is 60.4. The number of nitrogens with zero attached hydrogens (tertiary/aromatic N) is 8. The predicted molar refractivity (Wildman–Crippen MR) is 224 cm³/mol. The minimum absolute atomic E-state index is 0.303. The minimum atomic E-state index is -0.374. The van der Waals surface area contributed by atoms with Crippen molar-refractivity contribution in [2.45, 2.75) is 67.7 Å². The smallest absolute Gasteiger partial charge is 0.320 e. The Bertz CT molecular complexity index is 2540. The molecule has 0 fully saturated rings. The lowest BCUT2D eigenvalue weighted by Gasteiger charge is -2.11. The van der Waals surface area contributed by atoms with Crippen LogP contribution in [-0.4, -0.2) is 37.4 Å². The summed E-state index contributed by atoms with van der Waals surface area (Å²) in [5, 5.41) is 0. The van der Waals surface area contributed by atoms with Crippen LogP contribution in [0.2, 0.25) is 0 Å². The quantitative estimate of drug-likeness (QED) is 0.167. The maximum atomic E-state index is 12.9. The molecule has 4 aromatic carbocycles. The number of hydrogen-bond donors (Lipinski definition) is 0. The van der Waals surface area contributed by atoms with Gasteiger partial charge < -0.3 is 9.13 Å². The van der Waals surface area contributed by atoms with Crippen LogP contribution in [0.1, 0.15) is 52.7 Å². The van der Waals surface area contributed by atoms with Gasteiger partial charge in [-0.25, -0.2) is 28.7 Å². The summed E-state index contributed by atoms with van der Waals surface area (Å²) in [7, 11) is 0. The highest BCUT2D eigenvalue weighted by Crippen LogP contribution is 2.16. The highest BCUT2D eigenvalue weighted by Gasteiger charge is 2.20. The first-order valence-corrected chi connectivity index (χ1v) is 19.0. The molecule has 0 saturated carbocycles. The van der Waals surface area contributed by atoms with Crippen molar-refractivity contribution in [1.29, 1.82) is 0 Å². The number of benzene rings is 4. The van der Waals surface area contributed by atoms with Crippen molar-refractivity contribution in [2.75, 3.05) is 0 Å². The van der Waals surface area contributed by atoms with Gasteiger partial charge in [0.25, 0.3) is 11.1 Å². The van der Waals surface area contributed by atoms with E-state index in [4.69, 9.17) is 0 Å². The average molecular weight is 753 g/mol. The fourth-order valence-corrected chi connectivity index (χ4v) is 6.34. The van der Waals surface area contributed by atoms with E-state index in [-0.39, 0.29) is 22.5 Å². The van der Waals surface area contributed by atoms with Crippen LogP contribution in [0, 0.1) is 0 Å². The Balaban J connectivity index is 0.000000197. The van der Waals surface area contributed by atoms with Gasteiger partial charge in [-0.2, -0.15) is 0 Å². The van der Waals surface area contributed by atoms with E-state index in [1.807, 2.05) is 149 Å². The topological polar surface area (TPSA) is 124 Å². The van der Waals surface area contributed by atoms with Crippen LogP contribution in [-0.2, 0) is 26.2 Å². The molecule has 0 radical (unpaired) electrons. The molecule has 0 saturated heterocycles. The summed E-state index contributed by atoms with van der Waals surface area (Å²) in [6, 6.07) is 38.3. The Hall–Kier alpha value is -6.82. The Kier molecular flexibility index (Phi) is 13.7. The summed E-state index contributed by atoms with van der Waals surface area (Å²) in [5.74, 6) is 0. The molecule has 0 aliphatic carbocycles. The third kappa shape index (κ3) is 8.14. The second kappa shape index (κ2) is 19.0.